The van der Waals surface area contributed by atoms with Crippen molar-refractivity contribution in [1.82, 2.24) is 20.9 Å². The van der Waals surface area contributed by atoms with E-state index < -0.39 is 48.0 Å². The van der Waals surface area contributed by atoms with Crippen LogP contribution in [0.1, 0.15) is 55.2 Å². The van der Waals surface area contributed by atoms with E-state index in [-0.39, 0.29) is 35.9 Å². The van der Waals surface area contributed by atoms with Crippen LogP contribution in [0, 0.1) is 12.8 Å². The molecule has 3 aromatic rings. The highest BCUT2D eigenvalue weighted by atomic mass is 19.4. The van der Waals surface area contributed by atoms with Gasteiger partial charge in [0.25, 0.3) is 5.91 Å². The number of halogens is 3. The van der Waals surface area contributed by atoms with Crippen LogP contribution >= 0.6 is 0 Å². The van der Waals surface area contributed by atoms with E-state index in [4.69, 9.17) is 4.74 Å². The summed E-state index contributed by atoms with van der Waals surface area (Å²) < 4.78 is 44.9. The molecule has 9 nitrogen and oxygen atoms in total. The van der Waals surface area contributed by atoms with Crippen LogP contribution in [-0.4, -0.2) is 54.4 Å². The van der Waals surface area contributed by atoms with Crippen LogP contribution in [0.3, 0.4) is 0 Å². The number of ether oxygens (including phenoxy) is 1. The summed E-state index contributed by atoms with van der Waals surface area (Å²) in [5, 5.41) is 7.83. The molecule has 1 heterocycles. The number of amides is 3. The van der Waals surface area contributed by atoms with Gasteiger partial charge in [-0.05, 0) is 44.9 Å². The zero-order valence-corrected chi connectivity index (χ0v) is 26.4. The van der Waals surface area contributed by atoms with Gasteiger partial charge in [-0.15, -0.1) is 0 Å². The topological polar surface area (TPSA) is 129 Å². The summed E-state index contributed by atoms with van der Waals surface area (Å²) in [6.07, 6.45) is -1.06. The van der Waals surface area contributed by atoms with Crippen molar-refractivity contribution in [2.24, 2.45) is 5.92 Å². The van der Waals surface area contributed by atoms with E-state index in [0.717, 1.165) is 18.6 Å². The SMILES string of the molecule is CCCNC(=O)C(C)CC(/C=C/C(=O)OCC)NC(=O)CNC(=O)c1ccc(-c2ccccc2C(F)(F)F)[nH]1.Cc1ccccc1. The molecule has 0 bridgehead atoms. The van der Waals surface area contributed by atoms with Crippen molar-refractivity contribution < 1.29 is 37.1 Å². The van der Waals surface area contributed by atoms with Crippen LogP contribution < -0.4 is 16.0 Å². The number of hydrogen-bond acceptors (Lipinski definition) is 5. The number of aromatic amines is 1. The number of rotatable bonds is 13. The Hall–Kier alpha value is -4.87. The number of nitrogens with one attached hydrogen (secondary N) is 4. The maximum absolute atomic E-state index is 13.3. The molecule has 4 N–H and O–H groups in total. The van der Waals surface area contributed by atoms with Gasteiger partial charge in [0, 0.05) is 35.8 Å². The summed E-state index contributed by atoms with van der Waals surface area (Å²) in [5.74, 6) is -2.60. The summed E-state index contributed by atoms with van der Waals surface area (Å²) in [7, 11) is 0. The number of carbonyl (C=O) groups is 4. The highest BCUT2D eigenvalue weighted by Crippen LogP contribution is 2.36. The lowest BCUT2D eigenvalue weighted by molar-refractivity contribution is -0.138. The molecule has 3 rings (SSSR count). The van der Waals surface area contributed by atoms with E-state index >= 15 is 0 Å². The van der Waals surface area contributed by atoms with Gasteiger partial charge in [0.05, 0.1) is 18.7 Å². The average molecular weight is 643 g/mol. The highest BCUT2D eigenvalue weighted by Gasteiger charge is 2.33. The van der Waals surface area contributed by atoms with Crippen LogP contribution in [0.25, 0.3) is 11.3 Å². The molecule has 0 radical (unpaired) electrons. The minimum atomic E-state index is -4.57. The lowest BCUT2D eigenvalue weighted by Gasteiger charge is -2.19. The number of alkyl halides is 3. The molecule has 2 aromatic carbocycles. The Morgan fingerprint density at radius 2 is 1.61 bits per heavy atom. The fourth-order valence-corrected chi connectivity index (χ4v) is 4.18. The first-order valence-corrected chi connectivity index (χ1v) is 14.9. The zero-order valence-electron chi connectivity index (χ0n) is 26.4. The minimum Gasteiger partial charge on any atom is -0.463 e. The van der Waals surface area contributed by atoms with Gasteiger partial charge in [-0.1, -0.05) is 74.0 Å². The molecule has 0 aliphatic rings. The van der Waals surface area contributed by atoms with E-state index in [9.17, 15) is 32.3 Å². The number of esters is 1. The molecular formula is C34H41F3N4O5. The summed E-state index contributed by atoms with van der Waals surface area (Å²) in [5.41, 5.74) is 0.419. The van der Waals surface area contributed by atoms with Gasteiger partial charge < -0.3 is 25.7 Å². The maximum atomic E-state index is 13.3. The van der Waals surface area contributed by atoms with Crippen molar-refractivity contribution in [2.45, 2.75) is 52.8 Å². The van der Waals surface area contributed by atoms with Crippen molar-refractivity contribution in [2.75, 3.05) is 19.7 Å². The molecule has 248 valence electrons. The largest absolute Gasteiger partial charge is 0.463 e. The number of hydrogen-bond donors (Lipinski definition) is 4. The molecule has 0 spiro atoms. The molecule has 12 heteroatoms. The molecule has 46 heavy (non-hydrogen) atoms. The summed E-state index contributed by atoms with van der Waals surface area (Å²) >= 11 is 0. The first-order valence-electron chi connectivity index (χ1n) is 14.9. The monoisotopic (exact) mass is 642 g/mol. The van der Waals surface area contributed by atoms with Crippen LogP contribution in [0.2, 0.25) is 0 Å². The Labute approximate surface area is 267 Å². The first-order chi connectivity index (χ1) is 21.8. The van der Waals surface area contributed by atoms with E-state index in [2.05, 4.69) is 40.0 Å². The molecule has 0 saturated heterocycles. The van der Waals surface area contributed by atoms with Gasteiger partial charge in [-0.25, -0.2) is 4.79 Å². The molecule has 3 amide bonds. The normalized spacial score (nSPS) is 12.3. The van der Waals surface area contributed by atoms with Crippen LogP contribution in [0.4, 0.5) is 13.2 Å². The van der Waals surface area contributed by atoms with E-state index in [0.29, 0.717) is 6.54 Å². The molecule has 0 fully saturated rings. The van der Waals surface area contributed by atoms with Crippen LogP contribution in [-0.2, 0) is 25.3 Å². The minimum absolute atomic E-state index is 0.0326. The Bertz CT molecular complexity index is 1450. The maximum Gasteiger partial charge on any atom is 0.417 e. The fraction of sp³-hybridized carbons (Fsp3) is 0.353. The van der Waals surface area contributed by atoms with E-state index in [1.165, 1.54) is 42.0 Å². The van der Waals surface area contributed by atoms with Gasteiger partial charge >= 0.3 is 12.1 Å². The Balaban J connectivity index is 0.000000923. The molecule has 1 aromatic heterocycles. The van der Waals surface area contributed by atoms with Gasteiger partial charge in [-0.3, -0.25) is 14.4 Å². The third-order valence-electron chi connectivity index (χ3n) is 6.51. The molecule has 0 saturated carbocycles. The lowest BCUT2D eigenvalue weighted by Crippen LogP contribution is -2.43. The first kappa shape index (κ1) is 37.3. The van der Waals surface area contributed by atoms with Crippen LogP contribution in [0.15, 0.2) is 78.9 Å². The summed E-state index contributed by atoms with van der Waals surface area (Å²) in [6, 6.07) is 17.2. The third kappa shape index (κ3) is 13.0. The van der Waals surface area contributed by atoms with Gasteiger partial charge in [0.2, 0.25) is 11.8 Å². The van der Waals surface area contributed by atoms with Gasteiger partial charge in [0.1, 0.15) is 5.69 Å². The molecule has 2 unspecified atom stereocenters. The quantitative estimate of drug-likeness (QED) is 0.143. The van der Waals surface area contributed by atoms with E-state index in [1.807, 2.05) is 25.1 Å². The zero-order chi connectivity index (χ0) is 34.1. The number of aromatic nitrogens is 1. The number of carbonyl (C=O) groups excluding carboxylic acids is 4. The van der Waals surface area contributed by atoms with Crippen molar-refractivity contribution in [3.8, 4) is 11.3 Å². The number of aryl methyl sites for hydroxylation is 1. The Kier molecular flexibility index (Phi) is 15.3. The second-order valence-corrected chi connectivity index (χ2v) is 10.4. The summed E-state index contributed by atoms with van der Waals surface area (Å²) in [4.78, 5) is 51.7. The molecular weight excluding hydrogens is 601 g/mol. The molecule has 2 atom stereocenters. The standard InChI is InChI=1S/C27H33F3N4O5.C7H8/c1-4-14-31-25(37)17(3)15-18(10-13-24(36)39-5-2)33-23(35)16-32-26(38)22-12-11-21(34-22)19-8-6-7-9-20(19)27(28,29)30;1-7-5-3-2-4-6-7/h6-13,17-18,34H,4-5,14-16H2,1-3H3,(H,31,37)(H,32,38)(H,33,35);2-6H,1H3/b13-10+;. The predicted molar refractivity (Wildman–Crippen MR) is 170 cm³/mol. The third-order valence-corrected chi connectivity index (χ3v) is 6.51. The lowest BCUT2D eigenvalue weighted by atomic mass is 10.00. The predicted octanol–water partition coefficient (Wildman–Crippen LogP) is 5.58. The van der Waals surface area contributed by atoms with Crippen molar-refractivity contribution in [1.29, 1.82) is 0 Å². The fourth-order valence-electron chi connectivity index (χ4n) is 4.18. The highest BCUT2D eigenvalue weighted by molar-refractivity contribution is 5.96. The second-order valence-electron chi connectivity index (χ2n) is 10.4. The van der Waals surface area contributed by atoms with Crippen LogP contribution in [0.5, 0.6) is 0 Å². The van der Waals surface area contributed by atoms with Crippen molar-refractivity contribution >= 4 is 23.7 Å². The summed E-state index contributed by atoms with van der Waals surface area (Å²) in [6.45, 7) is 7.56. The van der Waals surface area contributed by atoms with Gasteiger partial charge in [0.15, 0.2) is 0 Å². The Morgan fingerprint density at radius 1 is 0.935 bits per heavy atom. The second kappa shape index (κ2) is 18.8. The van der Waals surface area contributed by atoms with E-state index in [1.54, 1.807) is 13.8 Å². The smallest absolute Gasteiger partial charge is 0.417 e. The van der Waals surface area contributed by atoms with Gasteiger partial charge in [-0.2, -0.15) is 13.2 Å². The van der Waals surface area contributed by atoms with Crippen molar-refractivity contribution in [3.05, 3.63) is 95.7 Å². The Morgan fingerprint density at radius 3 is 2.22 bits per heavy atom. The molecule has 0 aliphatic heterocycles. The number of benzene rings is 2. The molecule has 0 aliphatic carbocycles. The average Bonchev–Trinajstić information content (AvgIpc) is 3.52. The van der Waals surface area contributed by atoms with Crippen molar-refractivity contribution in [3.63, 3.8) is 0 Å². The number of H-pyrrole nitrogens is 1.